The minimum Gasteiger partial charge on any atom is -0.302 e. The minimum atomic E-state index is -1.11. The summed E-state index contributed by atoms with van der Waals surface area (Å²) in [5, 5.41) is 0. The topological polar surface area (TPSA) is 20.3 Å². The summed E-state index contributed by atoms with van der Waals surface area (Å²) in [7, 11) is -1.11. The molecule has 2 nitrogen and oxygen atoms in total. The van der Waals surface area contributed by atoms with E-state index in [1.165, 1.54) is 11.7 Å². The van der Waals surface area contributed by atoms with Crippen LogP contribution in [0, 0.1) is 0 Å². The van der Waals surface area contributed by atoms with E-state index < -0.39 is 8.07 Å². The fourth-order valence-corrected chi connectivity index (χ4v) is 4.02. The highest BCUT2D eigenvalue weighted by molar-refractivity contribution is 6.76. The van der Waals surface area contributed by atoms with Crippen LogP contribution in [0.4, 0.5) is 0 Å². The van der Waals surface area contributed by atoms with Crippen molar-refractivity contribution in [2.75, 3.05) is 12.7 Å². The third-order valence-electron chi connectivity index (χ3n) is 3.14. The molecule has 0 saturated heterocycles. The average molecular weight is 304 g/mol. The van der Waals surface area contributed by atoms with Crippen molar-refractivity contribution in [2.45, 2.75) is 46.0 Å². The van der Waals surface area contributed by atoms with Gasteiger partial charge < -0.3 is 4.90 Å². The monoisotopic (exact) mass is 303 g/mol. The number of ketones is 1. The number of unbranched alkanes of at least 4 members (excludes halogenated alkanes) is 1. The molecule has 1 rings (SSSR count). The number of benzene rings is 1. The van der Waals surface area contributed by atoms with Gasteiger partial charge in [-0.05, 0) is 44.1 Å². The second-order valence-corrected chi connectivity index (χ2v) is 12.3. The van der Waals surface area contributed by atoms with E-state index in [0.717, 1.165) is 25.9 Å². The van der Waals surface area contributed by atoms with Crippen LogP contribution in [0.15, 0.2) is 42.5 Å². The van der Waals surface area contributed by atoms with Gasteiger partial charge in [0, 0.05) is 6.54 Å². The van der Waals surface area contributed by atoms with Gasteiger partial charge in [-0.15, -0.1) is 0 Å². The summed E-state index contributed by atoms with van der Waals surface area (Å²) in [5.41, 5.74) is 1.38. The van der Waals surface area contributed by atoms with E-state index in [1.807, 2.05) is 6.08 Å². The van der Waals surface area contributed by atoms with Crippen molar-refractivity contribution >= 4 is 13.9 Å². The van der Waals surface area contributed by atoms with E-state index >= 15 is 0 Å². The van der Waals surface area contributed by atoms with Crippen molar-refractivity contribution in [3.8, 4) is 0 Å². The second-order valence-electron chi connectivity index (χ2n) is 6.91. The van der Waals surface area contributed by atoms with Gasteiger partial charge in [-0.3, -0.25) is 4.79 Å². The number of allylic oxidation sites excluding steroid dienone is 2. The van der Waals surface area contributed by atoms with Gasteiger partial charge >= 0.3 is 0 Å². The van der Waals surface area contributed by atoms with Gasteiger partial charge in [-0.1, -0.05) is 56.0 Å². The number of rotatable bonds is 9. The maximum atomic E-state index is 10.9. The molecule has 0 saturated carbocycles. The highest BCUT2D eigenvalue weighted by Gasteiger charge is 2.18. The summed E-state index contributed by atoms with van der Waals surface area (Å²) in [5.74, 6) is 0.137. The maximum Gasteiger partial charge on any atom is 0.152 e. The van der Waals surface area contributed by atoms with E-state index in [2.05, 4.69) is 54.9 Å². The Kier molecular flexibility index (Phi) is 7.61. The number of carbonyl (C=O) groups is 1. The zero-order valence-electron chi connectivity index (χ0n) is 13.9. The zero-order chi connectivity index (χ0) is 15.7. The first-order valence-corrected chi connectivity index (χ1v) is 11.5. The van der Waals surface area contributed by atoms with E-state index in [-0.39, 0.29) is 5.78 Å². The van der Waals surface area contributed by atoms with Gasteiger partial charge in [-0.2, -0.15) is 0 Å². The molecule has 0 fully saturated rings. The third-order valence-corrected chi connectivity index (χ3v) is 4.54. The molecule has 0 unspecified atom stereocenters. The third kappa shape index (κ3) is 9.37. The van der Waals surface area contributed by atoms with Crippen molar-refractivity contribution in [2.24, 2.45) is 0 Å². The molecule has 0 amide bonds. The lowest BCUT2D eigenvalue weighted by Gasteiger charge is -2.28. The van der Waals surface area contributed by atoms with E-state index in [9.17, 15) is 4.79 Å². The maximum absolute atomic E-state index is 10.9. The Morgan fingerprint density at radius 2 is 1.86 bits per heavy atom. The average Bonchev–Trinajstić information content (AvgIpc) is 2.37. The van der Waals surface area contributed by atoms with Crippen LogP contribution in [-0.4, -0.2) is 31.5 Å². The molecule has 0 aromatic heterocycles. The zero-order valence-corrected chi connectivity index (χ0v) is 14.9. The molecule has 1 aromatic carbocycles. The molecule has 0 bridgehead atoms. The summed E-state index contributed by atoms with van der Waals surface area (Å²) in [6, 6.07) is 10.7. The molecule has 21 heavy (non-hydrogen) atoms. The van der Waals surface area contributed by atoms with Crippen LogP contribution in [0.5, 0.6) is 0 Å². The van der Waals surface area contributed by atoms with Gasteiger partial charge in [0.2, 0.25) is 0 Å². The molecule has 0 heterocycles. The molecular formula is C18H29NOSi. The molecule has 116 valence electrons. The first kappa shape index (κ1) is 17.9. The number of nitrogens with zero attached hydrogens (tertiary/aromatic N) is 1. The second kappa shape index (κ2) is 8.95. The Labute approximate surface area is 130 Å². The fraction of sp³-hybridized carbons (Fsp3) is 0.500. The molecule has 0 spiro atoms. The number of hydrogen-bond donors (Lipinski definition) is 0. The Morgan fingerprint density at radius 1 is 1.19 bits per heavy atom. The summed E-state index contributed by atoms with van der Waals surface area (Å²) in [6.07, 6.45) is 6.99. The SMILES string of the molecule is CC(=O)/C=C/CCCN(Cc1ccccc1)C[Si](C)(C)C. The Bertz CT molecular complexity index is 448. The summed E-state index contributed by atoms with van der Waals surface area (Å²) < 4.78 is 0. The predicted molar refractivity (Wildman–Crippen MR) is 94.1 cm³/mol. The van der Waals surface area contributed by atoms with Gasteiger partial charge in [-0.25, -0.2) is 0 Å². The highest BCUT2D eigenvalue weighted by Crippen LogP contribution is 2.11. The smallest absolute Gasteiger partial charge is 0.152 e. The summed E-state index contributed by atoms with van der Waals surface area (Å²) in [4.78, 5) is 13.5. The van der Waals surface area contributed by atoms with Crippen LogP contribution in [0.1, 0.15) is 25.3 Å². The van der Waals surface area contributed by atoms with Crippen molar-refractivity contribution in [1.82, 2.24) is 4.90 Å². The first-order valence-electron chi connectivity index (χ1n) is 7.80. The van der Waals surface area contributed by atoms with Crippen molar-refractivity contribution in [3.05, 3.63) is 48.0 Å². The van der Waals surface area contributed by atoms with Gasteiger partial charge in [0.15, 0.2) is 5.78 Å². The van der Waals surface area contributed by atoms with Crippen LogP contribution in [0.3, 0.4) is 0 Å². The van der Waals surface area contributed by atoms with Crippen molar-refractivity contribution in [1.29, 1.82) is 0 Å². The molecule has 0 aliphatic heterocycles. The van der Waals surface area contributed by atoms with Gasteiger partial charge in [0.1, 0.15) is 0 Å². The van der Waals surface area contributed by atoms with Crippen LogP contribution < -0.4 is 0 Å². The van der Waals surface area contributed by atoms with E-state index in [1.54, 1.807) is 13.0 Å². The molecular weight excluding hydrogens is 274 g/mol. The molecule has 3 heteroatoms. The first-order chi connectivity index (χ1) is 9.87. The van der Waals surface area contributed by atoms with Crippen molar-refractivity contribution in [3.63, 3.8) is 0 Å². The summed E-state index contributed by atoms with van der Waals surface area (Å²) in [6.45, 7) is 11.0. The summed E-state index contributed by atoms with van der Waals surface area (Å²) >= 11 is 0. The van der Waals surface area contributed by atoms with Crippen LogP contribution in [0.25, 0.3) is 0 Å². The normalized spacial score (nSPS) is 12.2. The van der Waals surface area contributed by atoms with E-state index in [0.29, 0.717) is 0 Å². The van der Waals surface area contributed by atoms with Crippen LogP contribution >= 0.6 is 0 Å². The lowest BCUT2D eigenvalue weighted by Crippen LogP contribution is -2.40. The quantitative estimate of drug-likeness (QED) is 0.385. The minimum absolute atomic E-state index is 0.137. The number of hydrogen-bond acceptors (Lipinski definition) is 2. The molecule has 0 aliphatic carbocycles. The fourth-order valence-electron chi connectivity index (χ4n) is 2.41. The highest BCUT2D eigenvalue weighted by atomic mass is 28.3. The largest absolute Gasteiger partial charge is 0.302 e. The van der Waals surface area contributed by atoms with Crippen LogP contribution in [-0.2, 0) is 11.3 Å². The molecule has 1 aromatic rings. The molecule has 0 aliphatic rings. The Balaban J connectivity index is 2.50. The molecule has 0 N–H and O–H groups in total. The lowest BCUT2D eigenvalue weighted by molar-refractivity contribution is -0.112. The lowest BCUT2D eigenvalue weighted by atomic mass is 10.2. The molecule has 0 atom stereocenters. The van der Waals surface area contributed by atoms with E-state index in [4.69, 9.17) is 0 Å². The standard InChI is InChI=1S/C18H29NOSi/c1-17(20)11-7-6-10-14-19(16-21(2,3)4)15-18-12-8-5-9-13-18/h5,7-9,11-13H,6,10,14-16H2,1-4H3/b11-7+. The predicted octanol–water partition coefficient (Wildman–Crippen LogP) is 4.29. The van der Waals surface area contributed by atoms with Crippen molar-refractivity contribution < 1.29 is 4.79 Å². The van der Waals surface area contributed by atoms with Crippen LogP contribution in [0.2, 0.25) is 19.6 Å². The van der Waals surface area contributed by atoms with Gasteiger partial charge in [0.05, 0.1) is 8.07 Å². The molecule has 0 radical (unpaired) electrons. The Morgan fingerprint density at radius 3 is 2.43 bits per heavy atom. The Hall–Kier alpha value is -1.19. The van der Waals surface area contributed by atoms with Gasteiger partial charge in [0.25, 0.3) is 0 Å². The number of carbonyl (C=O) groups excluding carboxylic acids is 1.